The Bertz CT molecular complexity index is 759. The van der Waals surface area contributed by atoms with Crippen LogP contribution in [-0.4, -0.2) is 38.1 Å². The van der Waals surface area contributed by atoms with Crippen LogP contribution in [0.5, 0.6) is 0 Å². The summed E-state index contributed by atoms with van der Waals surface area (Å²) in [6.07, 6.45) is 3.77. The van der Waals surface area contributed by atoms with Gasteiger partial charge in [-0.25, -0.2) is 9.97 Å². The van der Waals surface area contributed by atoms with Crippen molar-refractivity contribution < 1.29 is 14.2 Å². The van der Waals surface area contributed by atoms with E-state index in [1.54, 1.807) is 0 Å². The van der Waals surface area contributed by atoms with E-state index in [2.05, 4.69) is 16.9 Å². The molecule has 0 radical (unpaired) electrons. The van der Waals surface area contributed by atoms with Crippen LogP contribution in [0.1, 0.15) is 40.3 Å². The third-order valence-corrected chi connectivity index (χ3v) is 4.77. The fraction of sp³-hybridized carbons (Fsp3) is 0.625. The van der Waals surface area contributed by atoms with E-state index in [1.807, 2.05) is 37.6 Å². The molecule has 4 rings (SSSR count). The first kappa shape index (κ1) is 14.9. The van der Waals surface area contributed by atoms with Crippen molar-refractivity contribution in [3.63, 3.8) is 0 Å². The van der Waals surface area contributed by atoms with Gasteiger partial charge >= 0.3 is 0 Å². The highest BCUT2D eigenvalue weighted by molar-refractivity contribution is 5.86. The molecule has 2 aliphatic heterocycles. The molecule has 0 aliphatic carbocycles. The maximum atomic E-state index is 6.28. The molecule has 2 fully saturated rings. The molecule has 124 valence electrons. The second-order valence-corrected chi connectivity index (χ2v) is 6.88. The number of aromatic nitrogens is 3. The zero-order valence-corrected chi connectivity index (χ0v) is 13.8. The highest BCUT2D eigenvalue weighted by Gasteiger charge is 2.63. The fourth-order valence-electron chi connectivity index (χ4n) is 3.87. The van der Waals surface area contributed by atoms with Crippen LogP contribution in [0.4, 0.5) is 5.82 Å². The summed E-state index contributed by atoms with van der Waals surface area (Å²) in [4.78, 5) is 8.42. The topological polar surface area (TPSA) is 84.4 Å². The van der Waals surface area contributed by atoms with Crippen molar-refractivity contribution in [2.75, 3.05) is 5.73 Å². The van der Waals surface area contributed by atoms with Gasteiger partial charge in [-0.1, -0.05) is 6.92 Å². The van der Waals surface area contributed by atoms with Gasteiger partial charge < -0.3 is 24.5 Å². The monoisotopic (exact) mass is 318 g/mol. The number of hydrogen-bond donors (Lipinski definition) is 1. The number of nitrogens with two attached hydrogens (primary N) is 1. The Hall–Kier alpha value is -1.70. The van der Waals surface area contributed by atoms with Gasteiger partial charge in [-0.05, 0) is 33.3 Å². The summed E-state index contributed by atoms with van der Waals surface area (Å²) in [5.74, 6) is -0.171. The second kappa shape index (κ2) is 4.66. The predicted octanol–water partition coefficient (Wildman–Crippen LogP) is 2.23. The molecule has 2 N–H and O–H groups in total. The summed E-state index contributed by atoms with van der Waals surface area (Å²) < 4.78 is 20.6. The Morgan fingerprint density at radius 3 is 2.83 bits per heavy atom. The molecular formula is C16H22N4O3. The average Bonchev–Trinajstić information content (AvgIpc) is 3.07. The van der Waals surface area contributed by atoms with E-state index in [1.165, 1.54) is 6.33 Å². The lowest BCUT2D eigenvalue weighted by atomic mass is 9.95. The van der Waals surface area contributed by atoms with Crippen LogP contribution in [0.15, 0.2) is 18.6 Å². The molecule has 2 aromatic rings. The van der Waals surface area contributed by atoms with Gasteiger partial charge in [0.2, 0.25) is 0 Å². The third kappa shape index (κ3) is 2.00. The highest BCUT2D eigenvalue weighted by atomic mass is 16.8. The molecular weight excluding hydrogens is 296 g/mol. The number of nitrogens with zero attached hydrogens (tertiary/aromatic N) is 3. The molecule has 0 saturated carbocycles. The Morgan fingerprint density at radius 2 is 2.09 bits per heavy atom. The maximum Gasteiger partial charge on any atom is 0.167 e. The lowest BCUT2D eigenvalue weighted by Crippen LogP contribution is -2.41. The van der Waals surface area contributed by atoms with Gasteiger partial charge in [-0.2, -0.15) is 0 Å². The molecule has 7 nitrogen and oxygen atoms in total. The minimum atomic E-state index is -0.633. The average molecular weight is 318 g/mol. The molecule has 4 heterocycles. The Balaban J connectivity index is 1.83. The van der Waals surface area contributed by atoms with Gasteiger partial charge in [0.05, 0.1) is 11.5 Å². The van der Waals surface area contributed by atoms with Crippen molar-refractivity contribution >= 4 is 16.9 Å². The number of nitrogen functional groups attached to an aromatic ring is 1. The molecule has 7 heteroatoms. The van der Waals surface area contributed by atoms with Crippen molar-refractivity contribution in [2.24, 2.45) is 0 Å². The van der Waals surface area contributed by atoms with Gasteiger partial charge in [0.15, 0.2) is 12.0 Å². The zero-order chi connectivity index (χ0) is 16.4. The summed E-state index contributed by atoms with van der Waals surface area (Å²) in [6.45, 7) is 8.02. The van der Waals surface area contributed by atoms with Gasteiger partial charge in [0.1, 0.15) is 29.5 Å². The Morgan fingerprint density at radius 1 is 1.30 bits per heavy atom. The van der Waals surface area contributed by atoms with Gasteiger partial charge in [-0.3, -0.25) is 0 Å². The van der Waals surface area contributed by atoms with E-state index in [0.29, 0.717) is 5.82 Å². The van der Waals surface area contributed by atoms with E-state index >= 15 is 0 Å². The van der Waals surface area contributed by atoms with Crippen molar-refractivity contribution in [3.05, 3.63) is 18.6 Å². The van der Waals surface area contributed by atoms with E-state index in [0.717, 1.165) is 17.5 Å². The summed E-state index contributed by atoms with van der Waals surface area (Å²) >= 11 is 0. The first-order valence-corrected chi connectivity index (χ1v) is 7.96. The standard InChI is InChI=1S/C16H22N4O3/c1-5-10-11-16(4,23-15(2,3)22-11)14(21-10)20-7-6-9-12(17)18-8-19-13(9)20/h6-8,10-11,14H,5H2,1-4H3,(H2,17,18,19). The summed E-state index contributed by atoms with van der Waals surface area (Å²) in [5, 5.41) is 0.814. The van der Waals surface area contributed by atoms with Crippen molar-refractivity contribution in [3.8, 4) is 0 Å². The normalized spacial score (nSPS) is 35.7. The largest absolute Gasteiger partial charge is 0.383 e. The minimum Gasteiger partial charge on any atom is -0.383 e. The number of ether oxygens (including phenoxy) is 3. The molecule has 0 spiro atoms. The van der Waals surface area contributed by atoms with Gasteiger partial charge in [0.25, 0.3) is 0 Å². The first-order chi connectivity index (χ1) is 10.9. The van der Waals surface area contributed by atoms with E-state index in [-0.39, 0.29) is 18.4 Å². The first-order valence-electron chi connectivity index (χ1n) is 7.96. The van der Waals surface area contributed by atoms with Crippen LogP contribution in [0.3, 0.4) is 0 Å². The van der Waals surface area contributed by atoms with Crippen LogP contribution >= 0.6 is 0 Å². The van der Waals surface area contributed by atoms with E-state index < -0.39 is 11.4 Å². The van der Waals surface area contributed by atoms with Gasteiger partial charge in [0, 0.05) is 6.20 Å². The quantitative estimate of drug-likeness (QED) is 0.914. The van der Waals surface area contributed by atoms with Gasteiger partial charge in [-0.15, -0.1) is 0 Å². The molecule has 2 aliphatic rings. The molecule has 2 aromatic heterocycles. The molecule has 4 atom stereocenters. The number of hydrogen-bond acceptors (Lipinski definition) is 6. The maximum absolute atomic E-state index is 6.28. The van der Waals surface area contributed by atoms with Crippen LogP contribution in [0.2, 0.25) is 0 Å². The van der Waals surface area contributed by atoms with Crippen LogP contribution in [0, 0.1) is 0 Å². The summed E-state index contributed by atoms with van der Waals surface area (Å²) in [5.41, 5.74) is 6.10. The number of anilines is 1. The summed E-state index contributed by atoms with van der Waals surface area (Å²) in [7, 11) is 0. The second-order valence-electron chi connectivity index (χ2n) is 6.88. The summed E-state index contributed by atoms with van der Waals surface area (Å²) in [6, 6.07) is 1.91. The lowest BCUT2D eigenvalue weighted by molar-refractivity contribution is -0.214. The van der Waals surface area contributed by atoms with Crippen molar-refractivity contribution in [2.45, 2.75) is 63.9 Å². The van der Waals surface area contributed by atoms with Crippen LogP contribution < -0.4 is 5.73 Å². The molecule has 0 amide bonds. The molecule has 0 aromatic carbocycles. The van der Waals surface area contributed by atoms with Crippen molar-refractivity contribution in [1.82, 2.24) is 14.5 Å². The fourth-order valence-corrected chi connectivity index (χ4v) is 3.87. The van der Waals surface area contributed by atoms with E-state index in [9.17, 15) is 0 Å². The van der Waals surface area contributed by atoms with E-state index in [4.69, 9.17) is 19.9 Å². The molecule has 0 bridgehead atoms. The molecule has 4 unspecified atom stereocenters. The number of fused-ring (bicyclic) bond motifs is 2. The number of rotatable bonds is 2. The lowest BCUT2D eigenvalue weighted by Gasteiger charge is -2.30. The van der Waals surface area contributed by atoms with Crippen LogP contribution in [-0.2, 0) is 14.2 Å². The van der Waals surface area contributed by atoms with Crippen LogP contribution in [0.25, 0.3) is 11.0 Å². The molecule has 2 saturated heterocycles. The van der Waals surface area contributed by atoms with Crippen molar-refractivity contribution in [1.29, 1.82) is 0 Å². The smallest absolute Gasteiger partial charge is 0.167 e. The zero-order valence-electron chi connectivity index (χ0n) is 13.8. The molecule has 23 heavy (non-hydrogen) atoms. The third-order valence-electron chi connectivity index (χ3n) is 4.77. The predicted molar refractivity (Wildman–Crippen MR) is 84.6 cm³/mol. The minimum absolute atomic E-state index is 0.0246. The highest BCUT2D eigenvalue weighted by Crippen LogP contribution is 2.52. The Kier molecular flexibility index (Phi) is 3.01. The Labute approximate surface area is 134 Å². The SMILES string of the molecule is CCC1OC(n2ccc3c(N)ncnc32)C2(C)OC(C)(C)OC12.